The molecule has 1 aliphatic rings. The van der Waals surface area contributed by atoms with Crippen molar-refractivity contribution in [2.75, 3.05) is 6.54 Å². The molecule has 0 aromatic heterocycles. The summed E-state index contributed by atoms with van der Waals surface area (Å²) in [6, 6.07) is 6.79. The van der Waals surface area contributed by atoms with Crippen LogP contribution in [0.25, 0.3) is 16.5 Å². The van der Waals surface area contributed by atoms with Gasteiger partial charge in [-0.1, -0.05) is 34.9 Å². The normalized spacial score (nSPS) is 24.1. The van der Waals surface area contributed by atoms with E-state index in [1.165, 1.54) is 6.08 Å². The van der Waals surface area contributed by atoms with E-state index in [-0.39, 0.29) is 18.7 Å². The zero-order chi connectivity index (χ0) is 25.3. The van der Waals surface area contributed by atoms with Crippen molar-refractivity contribution in [1.29, 1.82) is 0 Å². The number of esters is 3. The average molecular weight is 494 g/mol. The van der Waals surface area contributed by atoms with Gasteiger partial charge >= 0.3 is 17.9 Å². The van der Waals surface area contributed by atoms with E-state index in [2.05, 4.69) is 10.0 Å². The maximum absolute atomic E-state index is 12.7. The number of hydrogen-bond acceptors (Lipinski definition) is 9. The SMILES string of the molecule is CC(=O)O[C@@H]1[C@@H](OC(C)=O)[C@@H](CC(=O)/C=C/c2ccc(Cl)cc2)O[C@H](CN=[N+]=[N-])[C@H]1OC(C)=O. The van der Waals surface area contributed by atoms with Crippen molar-refractivity contribution in [3.05, 3.63) is 51.4 Å². The topological polar surface area (TPSA) is 154 Å². The van der Waals surface area contributed by atoms with E-state index in [1.54, 1.807) is 30.3 Å². The molecule has 0 bridgehead atoms. The maximum Gasteiger partial charge on any atom is 0.303 e. The molecule has 12 heteroatoms. The fraction of sp³-hybridized carbons (Fsp3) is 0.455. The fourth-order valence-corrected chi connectivity index (χ4v) is 3.57. The van der Waals surface area contributed by atoms with Crippen LogP contribution in [0.2, 0.25) is 5.02 Å². The molecular formula is C22H24ClN3O8. The highest BCUT2D eigenvalue weighted by Gasteiger charge is 2.51. The molecule has 11 nitrogen and oxygen atoms in total. The van der Waals surface area contributed by atoms with Crippen molar-refractivity contribution in [1.82, 2.24) is 0 Å². The molecule has 0 N–H and O–H groups in total. The summed E-state index contributed by atoms with van der Waals surface area (Å²) in [6.45, 7) is 3.11. The summed E-state index contributed by atoms with van der Waals surface area (Å²) in [5, 5.41) is 4.00. The molecule has 0 amide bonds. The number of nitrogens with zero attached hydrogens (tertiary/aromatic N) is 3. The molecule has 0 spiro atoms. The molecule has 34 heavy (non-hydrogen) atoms. The highest BCUT2D eigenvalue weighted by atomic mass is 35.5. The third-order valence-electron chi connectivity index (χ3n) is 4.70. The van der Waals surface area contributed by atoms with E-state index in [1.807, 2.05) is 0 Å². The number of carbonyl (C=O) groups excluding carboxylic acids is 4. The summed E-state index contributed by atoms with van der Waals surface area (Å²) in [5.74, 6) is -2.57. The Morgan fingerprint density at radius 3 is 2.03 bits per heavy atom. The molecule has 1 aromatic carbocycles. The van der Waals surface area contributed by atoms with Crippen LogP contribution in [0.3, 0.4) is 0 Å². The molecule has 1 aliphatic heterocycles. The van der Waals surface area contributed by atoms with Crippen molar-refractivity contribution < 1.29 is 38.1 Å². The van der Waals surface area contributed by atoms with Crippen LogP contribution in [-0.4, -0.2) is 60.8 Å². The van der Waals surface area contributed by atoms with Crippen LogP contribution >= 0.6 is 11.6 Å². The van der Waals surface area contributed by atoms with E-state index in [0.29, 0.717) is 5.02 Å². The lowest BCUT2D eigenvalue weighted by molar-refractivity contribution is -0.244. The number of allylic oxidation sites excluding steroid dienone is 1. The van der Waals surface area contributed by atoms with Crippen molar-refractivity contribution in [3.63, 3.8) is 0 Å². The molecular weight excluding hydrogens is 470 g/mol. The quantitative estimate of drug-likeness (QED) is 0.127. The van der Waals surface area contributed by atoms with Crippen LogP contribution in [0.15, 0.2) is 35.5 Å². The first-order chi connectivity index (χ1) is 16.1. The van der Waals surface area contributed by atoms with Crippen LogP contribution < -0.4 is 0 Å². The summed E-state index contributed by atoms with van der Waals surface area (Å²) in [5.41, 5.74) is 9.45. The zero-order valence-corrected chi connectivity index (χ0v) is 19.5. The van der Waals surface area contributed by atoms with Gasteiger partial charge in [0.15, 0.2) is 24.1 Å². The minimum absolute atomic E-state index is 0.265. The van der Waals surface area contributed by atoms with Gasteiger partial charge in [-0.2, -0.15) is 0 Å². The lowest BCUT2D eigenvalue weighted by Crippen LogP contribution is -2.62. The summed E-state index contributed by atoms with van der Waals surface area (Å²) in [7, 11) is 0. The Labute approximate surface area is 200 Å². The summed E-state index contributed by atoms with van der Waals surface area (Å²) in [4.78, 5) is 50.6. The minimum atomic E-state index is -1.30. The minimum Gasteiger partial charge on any atom is -0.456 e. The molecule has 1 saturated heterocycles. The number of halogens is 1. The summed E-state index contributed by atoms with van der Waals surface area (Å²) < 4.78 is 21.8. The molecule has 5 atom stereocenters. The Morgan fingerprint density at radius 2 is 1.50 bits per heavy atom. The Morgan fingerprint density at radius 1 is 0.971 bits per heavy atom. The predicted molar refractivity (Wildman–Crippen MR) is 119 cm³/mol. The zero-order valence-electron chi connectivity index (χ0n) is 18.8. The largest absolute Gasteiger partial charge is 0.456 e. The highest BCUT2D eigenvalue weighted by molar-refractivity contribution is 6.30. The van der Waals surface area contributed by atoms with Crippen molar-refractivity contribution in [2.24, 2.45) is 5.11 Å². The number of ketones is 1. The first-order valence-electron chi connectivity index (χ1n) is 10.2. The lowest BCUT2D eigenvalue weighted by atomic mass is 9.91. The monoisotopic (exact) mass is 493 g/mol. The lowest BCUT2D eigenvalue weighted by Gasteiger charge is -2.44. The first kappa shape index (κ1) is 26.8. The molecule has 1 fully saturated rings. The third-order valence-corrected chi connectivity index (χ3v) is 4.95. The van der Waals surface area contributed by atoms with Gasteiger partial charge in [0.05, 0.1) is 6.54 Å². The Hall–Kier alpha value is -3.40. The number of rotatable bonds is 9. The molecule has 0 unspecified atom stereocenters. The summed E-state index contributed by atoms with van der Waals surface area (Å²) >= 11 is 5.86. The van der Waals surface area contributed by atoms with Crippen molar-refractivity contribution >= 4 is 41.4 Å². The highest BCUT2D eigenvalue weighted by Crippen LogP contribution is 2.31. The van der Waals surface area contributed by atoms with Crippen LogP contribution in [0.1, 0.15) is 32.8 Å². The Bertz CT molecular complexity index is 990. The van der Waals surface area contributed by atoms with E-state index < -0.39 is 48.4 Å². The van der Waals surface area contributed by atoms with E-state index in [0.717, 1.165) is 26.3 Å². The second kappa shape index (κ2) is 12.7. The van der Waals surface area contributed by atoms with Gasteiger partial charge in [0.2, 0.25) is 0 Å². The average Bonchev–Trinajstić information content (AvgIpc) is 2.75. The first-order valence-corrected chi connectivity index (χ1v) is 10.6. The van der Waals surface area contributed by atoms with Gasteiger partial charge in [-0.05, 0) is 29.3 Å². The van der Waals surface area contributed by atoms with Gasteiger partial charge in [0, 0.05) is 37.1 Å². The number of ether oxygens (including phenoxy) is 4. The van der Waals surface area contributed by atoms with E-state index >= 15 is 0 Å². The predicted octanol–water partition coefficient (Wildman–Crippen LogP) is 3.19. The molecule has 2 rings (SSSR count). The molecule has 182 valence electrons. The molecule has 0 aliphatic carbocycles. The molecule has 0 saturated carbocycles. The van der Waals surface area contributed by atoms with Crippen LogP contribution in [0.5, 0.6) is 0 Å². The summed E-state index contributed by atoms with van der Waals surface area (Å²) in [6.07, 6.45) is -3.32. The standard InChI is InChI=1S/C22H24ClN3O8/c1-12(27)31-20-18(10-17(30)9-6-15-4-7-16(23)8-5-15)34-19(11-25-26-24)21(32-13(2)28)22(20)33-14(3)29/h4-9,18-22H,10-11H2,1-3H3/b9-6+/t18-,19-,20+,21-,22-/m1/s1. The Kier molecular flexibility index (Phi) is 10.1. The number of benzene rings is 1. The maximum atomic E-state index is 12.7. The molecule has 1 heterocycles. The second-order valence-electron chi connectivity index (χ2n) is 7.40. The number of carbonyl (C=O) groups is 4. The molecule has 1 aromatic rings. The van der Waals surface area contributed by atoms with Crippen LogP contribution in [0, 0.1) is 0 Å². The van der Waals surface area contributed by atoms with Crippen molar-refractivity contribution in [3.8, 4) is 0 Å². The number of azide groups is 1. The van der Waals surface area contributed by atoms with Gasteiger partial charge in [0.1, 0.15) is 12.2 Å². The van der Waals surface area contributed by atoms with Gasteiger partial charge in [-0.25, -0.2) is 0 Å². The van der Waals surface area contributed by atoms with Crippen LogP contribution in [0.4, 0.5) is 0 Å². The smallest absolute Gasteiger partial charge is 0.303 e. The molecule has 0 radical (unpaired) electrons. The van der Waals surface area contributed by atoms with Gasteiger partial charge in [-0.3, -0.25) is 19.2 Å². The van der Waals surface area contributed by atoms with Crippen LogP contribution in [-0.2, 0) is 38.1 Å². The van der Waals surface area contributed by atoms with Gasteiger partial charge in [-0.15, -0.1) is 0 Å². The third kappa shape index (κ3) is 8.18. The van der Waals surface area contributed by atoms with Gasteiger partial charge in [0.25, 0.3) is 0 Å². The van der Waals surface area contributed by atoms with E-state index in [4.69, 9.17) is 36.1 Å². The Balaban J connectivity index is 2.35. The number of hydrogen-bond donors (Lipinski definition) is 0. The second-order valence-corrected chi connectivity index (χ2v) is 7.84. The van der Waals surface area contributed by atoms with Gasteiger partial charge < -0.3 is 18.9 Å². The van der Waals surface area contributed by atoms with E-state index in [9.17, 15) is 19.2 Å². The van der Waals surface area contributed by atoms with Crippen molar-refractivity contribution in [2.45, 2.75) is 57.7 Å². The fourth-order valence-electron chi connectivity index (χ4n) is 3.44.